The summed E-state index contributed by atoms with van der Waals surface area (Å²) in [5, 5.41) is 11.8. The van der Waals surface area contributed by atoms with Crippen LogP contribution in [0.25, 0.3) is 0 Å². The quantitative estimate of drug-likeness (QED) is 0.732. The van der Waals surface area contributed by atoms with Gasteiger partial charge < -0.3 is 15.3 Å². The number of rotatable bonds is 5. The highest BCUT2D eigenvalue weighted by Crippen LogP contribution is 2.41. The molecule has 2 aliphatic heterocycles. The molecule has 0 saturated carbocycles. The third-order valence-electron chi connectivity index (χ3n) is 6.35. The highest BCUT2D eigenvalue weighted by Gasteiger charge is 2.55. The molecule has 4 rings (SSSR count). The van der Waals surface area contributed by atoms with Crippen LogP contribution < -0.4 is 5.32 Å². The number of carboxylic acids is 1. The molecule has 1 aliphatic carbocycles. The van der Waals surface area contributed by atoms with E-state index in [0.29, 0.717) is 25.8 Å². The Labute approximate surface area is 168 Å². The lowest BCUT2D eigenvalue weighted by Gasteiger charge is -2.36. The standard InChI is InChI=1S/C21H25N3O5/c25-17(23-12-4-3-6-15(23)8-9-18(26)27)13-24-19(28)21(22-20(24)29)11-10-14-5-1-2-7-16(14)21/h1-2,5,7,15H,3-4,6,8-13H2,(H,22,29)(H,26,27). The highest BCUT2D eigenvalue weighted by molar-refractivity contribution is 6.09. The third kappa shape index (κ3) is 3.36. The zero-order chi connectivity index (χ0) is 20.6. The number of likely N-dealkylation sites (tertiary alicyclic amines) is 1. The van der Waals surface area contributed by atoms with Crippen LogP contribution in [0.1, 0.15) is 49.7 Å². The number of imide groups is 1. The van der Waals surface area contributed by atoms with Gasteiger partial charge in [-0.1, -0.05) is 24.3 Å². The summed E-state index contributed by atoms with van der Waals surface area (Å²) in [6, 6.07) is 6.87. The molecule has 0 aromatic heterocycles. The molecule has 2 unspecified atom stereocenters. The van der Waals surface area contributed by atoms with Gasteiger partial charge in [0.15, 0.2) is 0 Å². The SMILES string of the molecule is O=C(O)CCC1CCCCN1C(=O)CN1C(=O)NC2(CCc3ccccc32)C1=O. The van der Waals surface area contributed by atoms with Crippen LogP contribution in [0.2, 0.25) is 0 Å². The smallest absolute Gasteiger partial charge is 0.325 e. The molecule has 2 fully saturated rings. The van der Waals surface area contributed by atoms with Gasteiger partial charge in [0.1, 0.15) is 12.1 Å². The Bertz CT molecular complexity index is 870. The van der Waals surface area contributed by atoms with Crippen molar-refractivity contribution in [3.63, 3.8) is 0 Å². The zero-order valence-corrected chi connectivity index (χ0v) is 16.2. The van der Waals surface area contributed by atoms with Crippen LogP contribution in [0.5, 0.6) is 0 Å². The molecular weight excluding hydrogens is 374 g/mol. The van der Waals surface area contributed by atoms with Gasteiger partial charge in [-0.2, -0.15) is 0 Å². The Morgan fingerprint density at radius 3 is 2.79 bits per heavy atom. The minimum atomic E-state index is -1.07. The molecule has 8 heteroatoms. The number of fused-ring (bicyclic) bond motifs is 2. The summed E-state index contributed by atoms with van der Waals surface area (Å²) in [5.41, 5.74) is 0.781. The van der Waals surface area contributed by atoms with E-state index < -0.39 is 17.5 Å². The second-order valence-corrected chi connectivity index (χ2v) is 8.05. The molecule has 2 N–H and O–H groups in total. The number of aliphatic carboxylic acids is 1. The highest BCUT2D eigenvalue weighted by atomic mass is 16.4. The molecule has 8 nitrogen and oxygen atoms in total. The lowest BCUT2D eigenvalue weighted by Crippen LogP contribution is -2.49. The van der Waals surface area contributed by atoms with Gasteiger partial charge >= 0.3 is 12.0 Å². The Balaban J connectivity index is 1.49. The van der Waals surface area contributed by atoms with Crippen molar-refractivity contribution in [3.8, 4) is 0 Å². The number of hydrogen-bond donors (Lipinski definition) is 2. The van der Waals surface area contributed by atoms with E-state index in [4.69, 9.17) is 5.11 Å². The molecule has 0 bridgehead atoms. The zero-order valence-electron chi connectivity index (χ0n) is 16.2. The predicted molar refractivity (Wildman–Crippen MR) is 103 cm³/mol. The van der Waals surface area contributed by atoms with Gasteiger partial charge in [-0.15, -0.1) is 0 Å². The first kappa shape index (κ1) is 19.4. The fourth-order valence-corrected chi connectivity index (χ4v) is 4.88. The van der Waals surface area contributed by atoms with Crippen LogP contribution in [0.3, 0.4) is 0 Å². The van der Waals surface area contributed by atoms with Crippen LogP contribution >= 0.6 is 0 Å². The van der Waals surface area contributed by atoms with E-state index in [9.17, 15) is 19.2 Å². The third-order valence-corrected chi connectivity index (χ3v) is 6.35. The van der Waals surface area contributed by atoms with Crippen molar-refractivity contribution in [2.75, 3.05) is 13.1 Å². The summed E-state index contributed by atoms with van der Waals surface area (Å²) < 4.78 is 0. The molecule has 2 heterocycles. The van der Waals surface area contributed by atoms with Crippen LogP contribution in [-0.2, 0) is 26.3 Å². The van der Waals surface area contributed by atoms with Crippen molar-refractivity contribution < 1.29 is 24.3 Å². The predicted octanol–water partition coefficient (Wildman–Crippen LogP) is 1.63. The molecule has 1 aromatic carbocycles. The topological polar surface area (TPSA) is 107 Å². The van der Waals surface area contributed by atoms with Gasteiger partial charge in [-0.3, -0.25) is 19.3 Å². The Hall–Kier alpha value is -2.90. The Morgan fingerprint density at radius 1 is 1.21 bits per heavy atom. The normalized spacial score (nSPS) is 26.0. The van der Waals surface area contributed by atoms with Crippen molar-refractivity contribution >= 4 is 23.8 Å². The van der Waals surface area contributed by atoms with Crippen molar-refractivity contribution in [2.24, 2.45) is 0 Å². The lowest BCUT2D eigenvalue weighted by molar-refractivity contribution is -0.142. The number of carbonyl (C=O) groups excluding carboxylic acids is 3. The first-order valence-corrected chi connectivity index (χ1v) is 10.2. The number of carbonyl (C=O) groups is 4. The largest absolute Gasteiger partial charge is 0.481 e. The van der Waals surface area contributed by atoms with Gasteiger partial charge in [0.05, 0.1) is 0 Å². The second kappa shape index (κ2) is 7.50. The van der Waals surface area contributed by atoms with E-state index in [1.165, 1.54) is 0 Å². The summed E-state index contributed by atoms with van der Waals surface area (Å²) in [6.45, 7) is 0.221. The van der Waals surface area contributed by atoms with Crippen molar-refractivity contribution in [1.82, 2.24) is 15.1 Å². The Morgan fingerprint density at radius 2 is 2.00 bits per heavy atom. The molecular formula is C21H25N3O5. The van der Waals surface area contributed by atoms with Crippen molar-refractivity contribution in [1.29, 1.82) is 0 Å². The minimum Gasteiger partial charge on any atom is -0.481 e. The maximum absolute atomic E-state index is 13.2. The molecule has 1 aromatic rings. The van der Waals surface area contributed by atoms with Gasteiger partial charge in [0, 0.05) is 19.0 Å². The fourth-order valence-electron chi connectivity index (χ4n) is 4.88. The summed E-state index contributed by atoms with van der Waals surface area (Å²) in [4.78, 5) is 52.4. The van der Waals surface area contributed by atoms with E-state index in [0.717, 1.165) is 35.3 Å². The first-order chi connectivity index (χ1) is 13.9. The number of nitrogens with zero attached hydrogens (tertiary/aromatic N) is 2. The second-order valence-electron chi connectivity index (χ2n) is 8.05. The number of amides is 4. The molecule has 1 spiro atoms. The van der Waals surface area contributed by atoms with Gasteiger partial charge in [-0.25, -0.2) is 4.79 Å². The average molecular weight is 399 g/mol. The van der Waals surface area contributed by atoms with Crippen LogP contribution in [0.15, 0.2) is 24.3 Å². The van der Waals surface area contributed by atoms with Crippen molar-refractivity contribution in [2.45, 2.75) is 56.5 Å². The van der Waals surface area contributed by atoms with Crippen molar-refractivity contribution in [3.05, 3.63) is 35.4 Å². The molecule has 3 aliphatic rings. The van der Waals surface area contributed by atoms with Gasteiger partial charge in [-0.05, 0) is 49.7 Å². The minimum absolute atomic E-state index is 0.00251. The summed E-state index contributed by atoms with van der Waals surface area (Å²) in [5.74, 6) is -1.56. The lowest BCUT2D eigenvalue weighted by atomic mass is 9.92. The number of carboxylic acid groups (broad SMARTS) is 1. The average Bonchev–Trinajstić information content (AvgIpc) is 3.20. The summed E-state index contributed by atoms with van der Waals surface area (Å²) >= 11 is 0. The first-order valence-electron chi connectivity index (χ1n) is 10.2. The molecule has 0 radical (unpaired) electrons. The molecule has 2 saturated heterocycles. The van der Waals surface area contributed by atoms with E-state index >= 15 is 0 Å². The van der Waals surface area contributed by atoms with Gasteiger partial charge in [0.2, 0.25) is 5.91 Å². The van der Waals surface area contributed by atoms with Crippen LogP contribution in [0.4, 0.5) is 4.79 Å². The maximum Gasteiger partial charge on any atom is 0.325 e. The number of piperidine rings is 1. The molecule has 154 valence electrons. The van der Waals surface area contributed by atoms with E-state index in [-0.39, 0.29) is 30.8 Å². The number of hydrogen-bond acceptors (Lipinski definition) is 4. The van der Waals surface area contributed by atoms with Gasteiger partial charge in [0.25, 0.3) is 5.91 Å². The molecule has 29 heavy (non-hydrogen) atoms. The Kier molecular flexibility index (Phi) is 5.02. The fraction of sp³-hybridized carbons (Fsp3) is 0.524. The molecule has 2 atom stereocenters. The number of aryl methyl sites for hydroxylation is 1. The number of benzene rings is 1. The maximum atomic E-state index is 13.2. The van der Waals surface area contributed by atoms with Crippen LogP contribution in [0, 0.1) is 0 Å². The molecule has 4 amide bonds. The van der Waals surface area contributed by atoms with E-state index in [1.54, 1.807) is 4.90 Å². The number of nitrogens with one attached hydrogen (secondary N) is 1. The monoisotopic (exact) mass is 399 g/mol. The van der Waals surface area contributed by atoms with E-state index in [2.05, 4.69) is 5.32 Å². The van der Waals surface area contributed by atoms with E-state index in [1.807, 2.05) is 24.3 Å². The summed E-state index contributed by atoms with van der Waals surface area (Å²) in [6.07, 6.45) is 4.11. The number of urea groups is 1. The van der Waals surface area contributed by atoms with Crippen LogP contribution in [-0.4, -0.2) is 57.9 Å². The summed E-state index contributed by atoms with van der Waals surface area (Å²) in [7, 11) is 0.